The average Bonchev–Trinajstić information content (AvgIpc) is 2.84. The van der Waals surface area contributed by atoms with Crippen molar-refractivity contribution in [1.29, 1.82) is 0 Å². The molecule has 0 aromatic rings. The van der Waals surface area contributed by atoms with E-state index in [1.165, 1.54) is 6.42 Å². The summed E-state index contributed by atoms with van der Waals surface area (Å²) < 4.78 is 3.35. The second-order valence-electron chi connectivity index (χ2n) is 6.35. The van der Waals surface area contributed by atoms with Gasteiger partial charge in [-0.15, -0.1) is 0 Å². The maximum atomic E-state index is 12.2. The molecule has 0 saturated carbocycles. The van der Waals surface area contributed by atoms with Gasteiger partial charge in [0.15, 0.2) is 0 Å². The molecule has 0 aromatic heterocycles. The van der Waals surface area contributed by atoms with Gasteiger partial charge in [0.25, 0.3) is 0 Å². The molecule has 0 bridgehead atoms. The molecule has 2 aliphatic rings. The summed E-state index contributed by atoms with van der Waals surface area (Å²) in [6.07, 6.45) is 7.62. The predicted molar refractivity (Wildman–Crippen MR) is 91.4 cm³/mol. The molecule has 0 N–H and O–H groups in total. The van der Waals surface area contributed by atoms with Crippen LogP contribution in [0.2, 0.25) is 0 Å². The first-order valence-electron chi connectivity index (χ1n) is 8.68. The molecule has 0 aliphatic carbocycles. The number of rotatable bonds is 5. The Labute approximate surface area is 152 Å². The Morgan fingerprint density at radius 2 is 1.65 bits per heavy atom. The van der Waals surface area contributed by atoms with Crippen molar-refractivity contribution in [3.63, 3.8) is 0 Å². The molecule has 23 heavy (non-hydrogen) atoms. The molecular weight excluding hydrogens is 348 g/mol. The molecule has 2 aliphatic heterocycles. The Balaban J connectivity index is 0.000000816. The molecule has 2 fully saturated rings. The molecule has 5 nitrogen and oxygen atoms in total. The predicted octanol–water partition coefficient (Wildman–Crippen LogP) is 3.08. The number of carbonyl (C=O) groups excluding carboxylic acids is 2. The molecule has 0 aromatic carbocycles. The third-order valence-corrected chi connectivity index (χ3v) is 4.78. The molecule has 0 radical (unpaired) electrons. The second kappa shape index (κ2) is 11.3. The zero-order chi connectivity index (χ0) is 17.2. The molecule has 2 unspecified atom stereocenters. The van der Waals surface area contributed by atoms with E-state index in [1.807, 2.05) is 4.90 Å². The molecular formula is C16H30N3O2PV. The minimum absolute atomic E-state index is 0.256. The standard InChI is InChI=1S/C16H28N2O2.H2NP.V/c1-3-14(18-10-6-4-5-8-16(18)20)12-13(2)17-11-7-9-15(17)19;1-2;/h13-14H,3-12H2,1-2H3;2H2;/t13-,14?;;/m1../s1. The summed E-state index contributed by atoms with van der Waals surface area (Å²) in [5.74, 6) is 0.601. The van der Waals surface area contributed by atoms with Crippen LogP contribution in [0.25, 0.3) is 0 Å². The third-order valence-electron chi connectivity index (χ3n) is 4.78. The molecule has 2 rings (SSSR count). The van der Waals surface area contributed by atoms with Gasteiger partial charge in [0.2, 0.25) is 11.8 Å². The van der Waals surface area contributed by atoms with Crippen molar-refractivity contribution in [3.8, 4) is 0 Å². The maximum absolute atomic E-state index is 12.2. The van der Waals surface area contributed by atoms with Gasteiger partial charge in [-0.25, -0.2) is 0 Å². The molecule has 2 saturated heterocycles. The number of nitrogens with zero attached hydrogens (tertiary/aromatic N) is 3. The van der Waals surface area contributed by atoms with Crippen molar-refractivity contribution in [1.82, 2.24) is 9.80 Å². The molecule has 2 amide bonds. The van der Waals surface area contributed by atoms with Gasteiger partial charge in [-0.05, 0) is 39.0 Å². The topological polar surface area (TPSA) is 53.0 Å². The summed E-state index contributed by atoms with van der Waals surface area (Å²) in [6.45, 7) is 6.08. The van der Waals surface area contributed by atoms with Gasteiger partial charge in [0.1, 0.15) is 0 Å². The number of amides is 2. The average molecular weight is 378 g/mol. The molecule has 7 heteroatoms. The number of carbonyl (C=O) groups is 2. The Kier molecular flexibility index (Phi) is 10.2. The van der Waals surface area contributed by atoms with E-state index in [0.717, 1.165) is 45.2 Å². The summed E-state index contributed by atoms with van der Waals surface area (Å²) in [5, 5.41) is 0. The Hall–Kier alpha value is -0.246. The minimum atomic E-state index is 0.256. The van der Waals surface area contributed by atoms with Gasteiger partial charge in [0, 0.05) is 38.0 Å². The van der Waals surface area contributed by atoms with Crippen molar-refractivity contribution in [2.24, 2.45) is 3.56 Å². The van der Waals surface area contributed by atoms with E-state index in [9.17, 15) is 9.59 Å². The first-order valence-corrected chi connectivity index (χ1v) is 9.82. The fourth-order valence-corrected chi connectivity index (χ4v) is 3.56. The van der Waals surface area contributed by atoms with E-state index >= 15 is 0 Å². The molecule has 3 atom stereocenters. The van der Waals surface area contributed by atoms with Gasteiger partial charge in [-0.1, -0.05) is 13.3 Å². The van der Waals surface area contributed by atoms with Crippen LogP contribution in [0, 0.1) is 0 Å². The Morgan fingerprint density at radius 1 is 1.09 bits per heavy atom. The van der Waals surface area contributed by atoms with E-state index < -0.39 is 0 Å². The number of hydrogen-bond donors (Lipinski definition) is 0. The van der Waals surface area contributed by atoms with Gasteiger partial charge in [-0.2, -0.15) is 0 Å². The van der Waals surface area contributed by atoms with Crippen LogP contribution in [0.5, 0.6) is 0 Å². The van der Waals surface area contributed by atoms with Gasteiger partial charge in [0.05, 0.1) is 0 Å². The summed E-state index contributed by atoms with van der Waals surface area (Å²) >= 11 is 2.05. The number of hydrogen-bond acceptors (Lipinski definition) is 3. The second-order valence-corrected chi connectivity index (χ2v) is 7.66. The van der Waals surface area contributed by atoms with Crippen LogP contribution in [0.4, 0.5) is 0 Å². The Morgan fingerprint density at radius 3 is 2.22 bits per heavy atom. The van der Waals surface area contributed by atoms with Crippen molar-refractivity contribution in [2.75, 3.05) is 13.1 Å². The monoisotopic (exact) mass is 378 g/mol. The fraction of sp³-hybridized carbons (Fsp3) is 0.875. The van der Waals surface area contributed by atoms with Crippen LogP contribution >= 0.6 is 9.39 Å². The molecule has 131 valence electrons. The normalized spacial score (nSPS) is 21.3. The summed E-state index contributed by atoms with van der Waals surface area (Å²) in [5.41, 5.74) is 0. The zero-order valence-corrected chi connectivity index (χ0v) is 17.0. The van der Waals surface area contributed by atoms with Crippen LogP contribution in [0.3, 0.4) is 0 Å². The van der Waals surface area contributed by atoms with Gasteiger partial charge < -0.3 is 9.80 Å². The van der Waals surface area contributed by atoms with Crippen LogP contribution < -0.4 is 0 Å². The van der Waals surface area contributed by atoms with E-state index in [2.05, 4.69) is 48.9 Å². The molecule has 0 spiro atoms. The number of likely N-dealkylation sites (tertiary alicyclic amines) is 2. The molecule has 2 heterocycles. The summed E-state index contributed by atoms with van der Waals surface area (Å²) in [4.78, 5) is 28.1. The SMILES string of the molecule is CCC(C[C@@H](C)N1CCCC1=O)N1CCCCCC1=O.P[N]=[V]. The van der Waals surface area contributed by atoms with Crippen LogP contribution in [-0.2, 0) is 26.8 Å². The van der Waals surface area contributed by atoms with E-state index in [1.54, 1.807) is 0 Å². The summed E-state index contributed by atoms with van der Waals surface area (Å²) in [6, 6.07) is 0.551. The van der Waals surface area contributed by atoms with Gasteiger partial charge >= 0.3 is 30.2 Å². The van der Waals surface area contributed by atoms with Gasteiger partial charge in [-0.3, -0.25) is 9.59 Å². The van der Waals surface area contributed by atoms with E-state index in [4.69, 9.17) is 0 Å². The van der Waals surface area contributed by atoms with Crippen LogP contribution in [0.1, 0.15) is 65.2 Å². The third kappa shape index (κ3) is 6.64. The quantitative estimate of drug-likeness (QED) is 0.691. The van der Waals surface area contributed by atoms with Crippen molar-refractivity contribution in [2.45, 2.75) is 77.3 Å². The zero-order valence-electron chi connectivity index (χ0n) is 14.4. The van der Waals surface area contributed by atoms with Crippen molar-refractivity contribution < 1.29 is 26.8 Å². The van der Waals surface area contributed by atoms with E-state index in [0.29, 0.717) is 24.8 Å². The first kappa shape index (κ1) is 20.8. The Bertz CT molecular complexity index is 409. The fourth-order valence-electron chi connectivity index (χ4n) is 3.56. The van der Waals surface area contributed by atoms with Crippen molar-refractivity contribution >= 4 is 21.2 Å². The van der Waals surface area contributed by atoms with Crippen LogP contribution in [0.15, 0.2) is 3.56 Å². The van der Waals surface area contributed by atoms with E-state index in [-0.39, 0.29) is 11.9 Å². The van der Waals surface area contributed by atoms with Crippen LogP contribution in [-0.4, -0.2) is 46.8 Å². The summed E-state index contributed by atoms with van der Waals surface area (Å²) in [7, 11) is 2.18. The first-order chi connectivity index (χ1) is 11.0. The van der Waals surface area contributed by atoms with Crippen molar-refractivity contribution in [3.05, 3.63) is 0 Å².